The van der Waals surface area contributed by atoms with Crippen molar-refractivity contribution in [3.63, 3.8) is 0 Å². The first kappa shape index (κ1) is 13.2. The van der Waals surface area contributed by atoms with Gasteiger partial charge in [-0.15, -0.1) is 0 Å². The molecule has 1 saturated heterocycles. The Morgan fingerprint density at radius 1 is 1.17 bits per heavy atom. The van der Waals surface area contributed by atoms with Crippen molar-refractivity contribution in [2.45, 2.75) is 18.9 Å². The van der Waals surface area contributed by atoms with Crippen LogP contribution in [0.3, 0.4) is 0 Å². The van der Waals surface area contributed by atoms with E-state index in [2.05, 4.69) is 5.32 Å². The summed E-state index contributed by atoms with van der Waals surface area (Å²) < 4.78 is 16.3. The van der Waals surface area contributed by atoms with Crippen LogP contribution in [-0.2, 0) is 11.3 Å². The van der Waals surface area contributed by atoms with Crippen LogP contribution >= 0.6 is 0 Å². The highest BCUT2D eigenvalue weighted by Crippen LogP contribution is 2.38. The van der Waals surface area contributed by atoms with Crippen molar-refractivity contribution in [3.8, 4) is 11.5 Å². The van der Waals surface area contributed by atoms with Gasteiger partial charge in [0.15, 0.2) is 0 Å². The highest BCUT2D eigenvalue weighted by molar-refractivity contribution is 5.51. The highest BCUT2D eigenvalue weighted by Gasteiger charge is 2.25. The first-order valence-electron chi connectivity index (χ1n) is 6.25. The van der Waals surface area contributed by atoms with Gasteiger partial charge in [0.1, 0.15) is 11.5 Å². The van der Waals surface area contributed by atoms with E-state index >= 15 is 0 Å². The first-order valence-corrected chi connectivity index (χ1v) is 6.25. The summed E-state index contributed by atoms with van der Waals surface area (Å²) >= 11 is 0. The highest BCUT2D eigenvalue weighted by atomic mass is 16.5. The molecule has 1 aromatic rings. The summed E-state index contributed by atoms with van der Waals surface area (Å²) in [4.78, 5) is 0. The Hall–Kier alpha value is -1.26. The summed E-state index contributed by atoms with van der Waals surface area (Å²) in [5.74, 6) is 2.27. The lowest BCUT2D eigenvalue weighted by Crippen LogP contribution is -2.11. The summed E-state index contributed by atoms with van der Waals surface area (Å²) in [5, 5.41) is 3.39. The summed E-state index contributed by atoms with van der Waals surface area (Å²) in [7, 11) is 5.11. The lowest BCUT2D eigenvalue weighted by atomic mass is 9.92. The number of ether oxygens (including phenoxy) is 3. The molecule has 1 N–H and O–H groups in total. The molecule has 1 aliphatic rings. The average Bonchev–Trinajstić information content (AvgIpc) is 2.92. The molecule has 1 fully saturated rings. The molecule has 1 unspecified atom stereocenters. The molecule has 1 aliphatic heterocycles. The van der Waals surface area contributed by atoms with Crippen LogP contribution in [0.4, 0.5) is 0 Å². The van der Waals surface area contributed by atoms with E-state index in [9.17, 15) is 0 Å². The summed E-state index contributed by atoms with van der Waals surface area (Å²) in [6.07, 6.45) is 1.13. The lowest BCUT2D eigenvalue weighted by molar-refractivity contribution is 0.180. The van der Waals surface area contributed by atoms with Crippen LogP contribution in [0.5, 0.6) is 11.5 Å². The maximum Gasteiger partial charge on any atom is 0.124 e. The van der Waals surface area contributed by atoms with E-state index in [1.807, 2.05) is 12.1 Å². The topological polar surface area (TPSA) is 39.7 Å². The Balaban J connectivity index is 2.48. The minimum Gasteiger partial charge on any atom is -0.496 e. The van der Waals surface area contributed by atoms with E-state index < -0.39 is 0 Å². The van der Waals surface area contributed by atoms with E-state index in [1.54, 1.807) is 21.3 Å². The van der Waals surface area contributed by atoms with Crippen molar-refractivity contribution in [2.24, 2.45) is 0 Å². The minimum absolute atomic E-state index is 0.472. The van der Waals surface area contributed by atoms with E-state index in [1.165, 1.54) is 5.56 Å². The molecule has 4 heteroatoms. The van der Waals surface area contributed by atoms with Gasteiger partial charge < -0.3 is 19.5 Å². The molecule has 4 nitrogen and oxygen atoms in total. The third-order valence-electron chi connectivity index (χ3n) is 3.47. The van der Waals surface area contributed by atoms with E-state index in [4.69, 9.17) is 14.2 Å². The second-order valence-electron chi connectivity index (χ2n) is 4.49. The average molecular weight is 251 g/mol. The fourth-order valence-corrected chi connectivity index (χ4v) is 2.63. The summed E-state index contributed by atoms with van der Waals surface area (Å²) in [5.41, 5.74) is 2.33. The van der Waals surface area contributed by atoms with E-state index in [0.717, 1.165) is 36.6 Å². The SMILES string of the molecule is COCc1c(OC)ccc(OC)c1C1CCNC1. The second-order valence-corrected chi connectivity index (χ2v) is 4.49. The molecule has 0 radical (unpaired) electrons. The Morgan fingerprint density at radius 2 is 1.89 bits per heavy atom. The van der Waals surface area contributed by atoms with Crippen LogP contribution in [0, 0.1) is 0 Å². The molecule has 0 spiro atoms. The van der Waals surface area contributed by atoms with Crippen LogP contribution in [0.2, 0.25) is 0 Å². The van der Waals surface area contributed by atoms with Gasteiger partial charge >= 0.3 is 0 Å². The van der Waals surface area contributed by atoms with Gasteiger partial charge in [0.25, 0.3) is 0 Å². The fraction of sp³-hybridized carbons (Fsp3) is 0.571. The zero-order chi connectivity index (χ0) is 13.0. The van der Waals surface area contributed by atoms with Gasteiger partial charge in [-0.2, -0.15) is 0 Å². The van der Waals surface area contributed by atoms with Gasteiger partial charge in [-0.1, -0.05) is 0 Å². The normalized spacial score (nSPS) is 18.9. The van der Waals surface area contributed by atoms with Gasteiger partial charge in [0, 0.05) is 30.7 Å². The van der Waals surface area contributed by atoms with Crippen LogP contribution in [0.25, 0.3) is 0 Å². The van der Waals surface area contributed by atoms with Crippen LogP contribution in [-0.4, -0.2) is 34.4 Å². The maximum atomic E-state index is 5.51. The second kappa shape index (κ2) is 6.07. The molecule has 0 saturated carbocycles. The lowest BCUT2D eigenvalue weighted by Gasteiger charge is -2.20. The van der Waals surface area contributed by atoms with Crippen molar-refractivity contribution in [2.75, 3.05) is 34.4 Å². The van der Waals surface area contributed by atoms with Crippen LogP contribution < -0.4 is 14.8 Å². The number of benzene rings is 1. The number of nitrogens with one attached hydrogen (secondary N) is 1. The molecule has 1 aromatic carbocycles. The van der Waals surface area contributed by atoms with Gasteiger partial charge in [-0.05, 0) is 25.1 Å². The number of hydrogen-bond donors (Lipinski definition) is 1. The van der Waals surface area contributed by atoms with E-state index in [-0.39, 0.29) is 0 Å². The minimum atomic E-state index is 0.472. The molecule has 18 heavy (non-hydrogen) atoms. The van der Waals surface area contributed by atoms with Crippen LogP contribution in [0.1, 0.15) is 23.5 Å². The molecule has 100 valence electrons. The predicted octanol–water partition coefficient (Wildman–Crippen LogP) is 1.93. The largest absolute Gasteiger partial charge is 0.496 e. The van der Waals surface area contributed by atoms with E-state index in [0.29, 0.717) is 12.5 Å². The molecule has 0 bridgehead atoms. The summed E-state index contributed by atoms with van der Waals surface area (Å²) in [6.45, 7) is 2.59. The molecule has 1 heterocycles. The Labute approximate surface area is 108 Å². The predicted molar refractivity (Wildman–Crippen MR) is 70.5 cm³/mol. The molecule has 0 aromatic heterocycles. The number of rotatable bonds is 5. The molecular formula is C14H21NO3. The maximum absolute atomic E-state index is 5.51. The first-order chi connectivity index (χ1) is 8.81. The molecule has 0 amide bonds. The van der Waals surface area contributed by atoms with Gasteiger partial charge in [-0.25, -0.2) is 0 Å². The fourth-order valence-electron chi connectivity index (χ4n) is 2.63. The van der Waals surface area contributed by atoms with Crippen molar-refractivity contribution in [1.29, 1.82) is 0 Å². The number of methoxy groups -OCH3 is 3. The standard InChI is InChI=1S/C14H21NO3/c1-16-9-11-12(17-2)4-5-13(18-3)14(11)10-6-7-15-8-10/h4-5,10,15H,6-9H2,1-3H3. The monoisotopic (exact) mass is 251 g/mol. The Kier molecular flexibility index (Phi) is 4.44. The molecular weight excluding hydrogens is 230 g/mol. The molecule has 2 rings (SSSR count). The zero-order valence-electron chi connectivity index (χ0n) is 11.3. The smallest absolute Gasteiger partial charge is 0.124 e. The van der Waals surface area contributed by atoms with Crippen molar-refractivity contribution >= 4 is 0 Å². The quantitative estimate of drug-likeness (QED) is 0.868. The van der Waals surface area contributed by atoms with Crippen molar-refractivity contribution in [1.82, 2.24) is 5.32 Å². The number of hydrogen-bond acceptors (Lipinski definition) is 4. The van der Waals surface area contributed by atoms with Crippen molar-refractivity contribution < 1.29 is 14.2 Å². The summed E-state index contributed by atoms with van der Waals surface area (Å²) in [6, 6.07) is 3.92. The third kappa shape index (κ3) is 2.44. The Bertz CT molecular complexity index is 400. The zero-order valence-corrected chi connectivity index (χ0v) is 11.3. The van der Waals surface area contributed by atoms with Crippen LogP contribution in [0.15, 0.2) is 12.1 Å². The van der Waals surface area contributed by atoms with Crippen molar-refractivity contribution in [3.05, 3.63) is 23.3 Å². The Morgan fingerprint density at radius 3 is 2.44 bits per heavy atom. The van der Waals surface area contributed by atoms with Gasteiger partial charge in [-0.3, -0.25) is 0 Å². The van der Waals surface area contributed by atoms with Gasteiger partial charge in [0.2, 0.25) is 0 Å². The third-order valence-corrected chi connectivity index (χ3v) is 3.47. The molecule has 1 atom stereocenters. The molecule has 0 aliphatic carbocycles. The van der Waals surface area contributed by atoms with Gasteiger partial charge in [0.05, 0.1) is 20.8 Å².